The Labute approximate surface area is 131 Å². The van der Waals surface area contributed by atoms with Gasteiger partial charge >= 0.3 is 0 Å². The quantitative estimate of drug-likeness (QED) is 0.756. The Hall–Kier alpha value is -0.390. The van der Waals surface area contributed by atoms with Crippen LogP contribution in [0.3, 0.4) is 0 Å². The summed E-state index contributed by atoms with van der Waals surface area (Å²) in [7, 11) is -3.21. The third-order valence-electron chi connectivity index (χ3n) is 2.86. The fourth-order valence-electron chi connectivity index (χ4n) is 1.92. The van der Waals surface area contributed by atoms with Gasteiger partial charge in [-0.25, -0.2) is 13.1 Å². The monoisotopic (exact) mass is 361 g/mol. The van der Waals surface area contributed by atoms with Gasteiger partial charge in [0.1, 0.15) is 0 Å². The molecule has 0 heterocycles. The molecule has 1 aromatic rings. The minimum absolute atomic E-state index is 0.131. The molecule has 0 saturated carbocycles. The van der Waals surface area contributed by atoms with Crippen LogP contribution in [0.25, 0.3) is 0 Å². The highest BCUT2D eigenvalue weighted by Crippen LogP contribution is 2.24. The van der Waals surface area contributed by atoms with E-state index in [0.29, 0.717) is 13.0 Å². The number of rotatable bonds is 7. The molecule has 0 spiro atoms. The first-order chi connectivity index (χ1) is 9.18. The Morgan fingerprint density at radius 3 is 2.35 bits per heavy atom. The molecule has 0 aliphatic rings. The van der Waals surface area contributed by atoms with E-state index in [0.717, 1.165) is 12.0 Å². The second-order valence-electron chi connectivity index (χ2n) is 6.26. The Morgan fingerprint density at radius 1 is 1.20 bits per heavy atom. The molecule has 0 aliphatic heterocycles. The van der Waals surface area contributed by atoms with E-state index in [1.54, 1.807) is 0 Å². The van der Waals surface area contributed by atoms with Gasteiger partial charge in [-0.2, -0.15) is 0 Å². The summed E-state index contributed by atoms with van der Waals surface area (Å²) in [6.07, 6.45) is 1.47. The zero-order valence-electron chi connectivity index (χ0n) is 12.4. The van der Waals surface area contributed by atoms with Crippen molar-refractivity contribution in [3.8, 4) is 0 Å². The van der Waals surface area contributed by atoms with Gasteiger partial charge in [-0.05, 0) is 23.8 Å². The van der Waals surface area contributed by atoms with E-state index < -0.39 is 10.0 Å². The van der Waals surface area contributed by atoms with Crippen LogP contribution in [0.5, 0.6) is 0 Å². The van der Waals surface area contributed by atoms with Crippen molar-refractivity contribution in [2.24, 2.45) is 5.41 Å². The Kier molecular flexibility index (Phi) is 6.69. The number of alkyl halides is 1. The summed E-state index contributed by atoms with van der Waals surface area (Å²) < 4.78 is 26.6. The Bertz CT molecular complexity index is 494. The molecule has 0 aliphatic carbocycles. The van der Waals surface area contributed by atoms with Crippen LogP contribution in [0, 0.1) is 5.41 Å². The van der Waals surface area contributed by atoms with Crippen molar-refractivity contribution in [1.29, 1.82) is 0 Å². The fourth-order valence-corrected chi connectivity index (χ4v) is 4.37. The van der Waals surface area contributed by atoms with Gasteiger partial charge in [-0.15, -0.1) is 0 Å². The lowest BCUT2D eigenvalue weighted by molar-refractivity contribution is 0.373. The molecule has 1 unspecified atom stereocenters. The minimum Gasteiger partial charge on any atom is -0.214 e. The first-order valence-electron chi connectivity index (χ1n) is 6.83. The second-order valence-corrected chi connectivity index (χ2v) is 9.49. The van der Waals surface area contributed by atoms with Gasteiger partial charge in [0.15, 0.2) is 0 Å². The summed E-state index contributed by atoms with van der Waals surface area (Å²) in [4.78, 5) is 0.161. The third kappa shape index (κ3) is 8.02. The first kappa shape index (κ1) is 17.7. The van der Waals surface area contributed by atoms with E-state index in [1.165, 1.54) is 0 Å². The lowest BCUT2D eigenvalue weighted by Gasteiger charge is -2.22. The normalized spacial score (nSPS) is 14.2. The van der Waals surface area contributed by atoms with Crippen LogP contribution >= 0.6 is 15.9 Å². The van der Waals surface area contributed by atoms with Crippen molar-refractivity contribution in [3.63, 3.8) is 0 Å². The molecule has 0 saturated heterocycles. The molecule has 1 N–H and O–H groups in total. The summed E-state index contributed by atoms with van der Waals surface area (Å²) in [6, 6.07) is 9.67. The van der Waals surface area contributed by atoms with E-state index >= 15 is 0 Å². The highest BCUT2D eigenvalue weighted by molar-refractivity contribution is 9.09. The van der Waals surface area contributed by atoms with E-state index in [4.69, 9.17) is 0 Å². The largest absolute Gasteiger partial charge is 0.214 e. The van der Waals surface area contributed by atoms with Gasteiger partial charge in [-0.3, -0.25) is 0 Å². The van der Waals surface area contributed by atoms with Crippen LogP contribution in [0.15, 0.2) is 30.3 Å². The standard InChI is InChI=1S/C15H24BrNO2S/c1-15(2,3)11-14(16)12-17-20(18,19)10-9-13-7-5-4-6-8-13/h4-8,14,17H,9-12H2,1-3H3. The van der Waals surface area contributed by atoms with Crippen molar-refractivity contribution in [3.05, 3.63) is 35.9 Å². The summed E-state index contributed by atoms with van der Waals surface area (Å²) in [5.41, 5.74) is 1.23. The number of hydrogen-bond donors (Lipinski definition) is 1. The van der Waals surface area contributed by atoms with E-state index in [2.05, 4.69) is 41.4 Å². The van der Waals surface area contributed by atoms with Gasteiger partial charge in [0.2, 0.25) is 10.0 Å². The maximum atomic E-state index is 11.9. The summed E-state index contributed by atoms with van der Waals surface area (Å²) >= 11 is 3.54. The highest BCUT2D eigenvalue weighted by atomic mass is 79.9. The fraction of sp³-hybridized carbons (Fsp3) is 0.600. The van der Waals surface area contributed by atoms with Gasteiger partial charge in [0.05, 0.1) is 5.75 Å². The lowest BCUT2D eigenvalue weighted by Crippen LogP contribution is -2.33. The van der Waals surface area contributed by atoms with Crippen molar-refractivity contribution in [2.45, 2.75) is 38.4 Å². The minimum atomic E-state index is -3.21. The number of hydrogen-bond acceptors (Lipinski definition) is 2. The summed E-state index contributed by atoms with van der Waals surface area (Å²) in [5.74, 6) is 0.131. The SMILES string of the molecule is CC(C)(C)CC(Br)CNS(=O)(=O)CCc1ccccc1. The predicted octanol–water partition coefficient (Wildman–Crippen LogP) is 3.35. The average molecular weight is 362 g/mol. The van der Waals surface area contributed by atoms with Crippen LogP contribution in [-0.2, 0) is 16.4 Å². The number of halogens is 1. The van der Waals surface area contributed by atoms with E-state index in [-0.39, 0.29) is 16.0 Å². The molecule has 0 aromatic heterocycles. The van der Waals surface area contributed by atoms with Crippen LogP contribution in [-0.4, -0.2) is 25.5 Å². The topological polar surface area (TPSA) is 46.2 Å². The lowest BCUT2D eigenvalue weighted by atomic mass is 9.91. The number of nitrogens with one attached hydrogen (secondary N) is 1. The molecular weight excluding hydrogens is 338 g/mol. The molecule has 20 heavy (non-hydrogen) atoms. The maximum absolute atomic E-state index is 11.9. The van der Waals surface area contributed by atoms with E-state index in [9.17, 15) is 8.42 Å². The predicted molar refractivity (Wildman–Crippen MR) is 88.7 cm³/mol. The number of sulfonamides is 1. The molecule has 0 radical (unpaired) electrons. The molecule has 114 valence electrons. The van der Waals surface area contributed by atoms with Gasteiger partial charge < -0.3 is 0 Å². The van der Waals surface area contributed by atoms with Crippen molar-refractivity contribution in [1.82, 2.24) is 4.72 Å². The molecule has 1 rings (SSSR count). The highest BCUT2D eigenvalue weighted by Gasteiger charge is 2.18. The Morgan fingerprint density at radius 2 is 1.80 bits per heavy atom. The molecule has 0 amide bonds. The molecule has 0 bridgehead atoms. The van der Waals surface area contributed by atoms with Crippen LogP contribution in [0.2, 0.25) is 0 Å². The third-order valence-corrected chi connectivity index (χ3v) is 4.86. The molecule has 1 aromatic carbocycles. The molecule has 5 heteroatoms. The van der Waals surface area contributed by atoms with Crippen molar-refractivity contribution < 1.29 is 8.42 Å². The van der Waals surface area contributed by atoms with Gasteiger partial charge in [0, 0.05) is 11.4 Å². The number of benzene rings is 1. The molecule has 0 fully saturated rings. The zero-order valence-corrected chi connectivity index (χ0v) is 14.8. The molecule has 1 atom stereocenters. The smallest absolute Gasteiger partial charge is 0.211 e. The first-order valence-corrected chi connectivity index (χ1v) is 9.40. The van der Waals surface area contributed by atoms with Gasteiger partial charge in [-0.1, -0.05) is 67.0 Å². The molecule has 3 nitrogen and oxygen atoms in total. The van der Waals surface area contributed by atoms with Crippen LogP contribution in [0.4, 0.5) is 0 Å². The second kappa shape index (κ2) is 7.57. The van der Waals surface area contributed by atoms with Crippen molar-refractivity contribution in [2.75, 3.05) is 12.3 Å². The average Bonchev–Trinajstić information content (AvgIpc) is 2.34. The van der Waals surface area contributed by atoms with E-state index in [1.807, 2.05) is 30.3 Å². The summed E-state index contributed by atoms with van der Waals surface area (Å²) in [5, 5.41) is 0. The van der Waals surface area contributed by atoms with Gasteiger partial charge in [0.25, 0.3) is 0 Å². The van der Waals surface area contributed by atoms with Crippen LogP contribution < -0.4 is 4.72 Å². The zero-order chi connectivity index (χ0) is 15.2. The Balaban J connectivity index is 2.38. The molecular formula is C15H24BrNO2S. The number of aryl methyl sites for hydroxylation is 1. The maximum Gasteiger partial charge on any atom is 0.211 e. The van der Waals surface area contributed by atoms with Crippen LogP contribution in [0.1, 0.15) is 32.8 Å². The van der Waals surface area contributed by atoms with Crippen molar-refractivity contribution >= 4 is 26.0 Å². The summed E-state index contributed by atoms with van der Waals surface area (Å²) in [6.45, 7) is 6.87.